The van der Waals surface area contributed by atoms with Crippen LogP contribution in [-0.2, 0) is 11.2 Å². The number of ether oxygens (including phenoxy) is 3. The number of hydrogen-bond acceptors (Lipinski definition) is 7. The molecule has 0 atom stereocenters. The first kappa shape index (κ1) is 20.3. The molecule has 0 aliphatic heterocycles. The minimum atomic E-state index is -0.255. The summed E-state index contributed by atoms with van der Waals surface area (Å²) in [4.78, 5) is 16.7. The van der Waals surface area contributed by atoms with Gasteiger partial charge in [0.25, 0.3) is 0 Å². The van der Waals surface area contributed by atoms with Crippen molar-refractivity contribution in [2.24, 2.45) is 5.10 Å². The summed E-state index contributed by atoms with van der Waals surface area (Å²) in [7, 11) is 4.61. The Balaban J connectivity index is 1.64. The first-order valence-electron chi connectivity index (χ1n) is 8.77. The highest BCUT2D eigenvalue weighted by molar-refractivity contribution is 7.10. The smallest absolute Gasteiger partial charge is 0.246 e. The Morgan fingerprint density at radius 1 is 1.07 bits per heavy atom. The second kappa shape index (κ2) is 9.70. The molecule has 0 spiro atoms. The van der Waals surface area contributed by atoms with E-state index in [4.69, 9.17) is 14.2 Å². The third kappa shape index (κ3) is 4.91. The second-order valence-electron chi connectivity index (χ2n) is 5.89. The van der Waals surface area contributed by atoms with E-state index in [1.165, 1.54) is 31.8 Å². The van der Waals surface area contributed by atoms with Crippen LogP contribution in [0.5, 0.6) is 17.2 Å². The molecule has 0 bridgehead atoms. The van der Waals surface area contributed by atoms with Crippen molar-refractivity contribution in [2.75, 3.05) is 21.3 Å². The van der Waals surface area contributed by atoms with E-state index in [2.05, 4.69) is 15.5 Å². The van der Waals surface area contributed by atoms with Crippen molar-refractivity contribution in [3.8, 4) is 28.5 Å². The molecule has 0 saturated heterocycles. The number of thiazole rings is 1. The Morgan fingerprint density at radius 3 is 2.52 bits per heavy atom. The molecule has 0 fully saturated rings. The van der Waals surface area contributed by atoms with Crippen molar-refractivity contribution in [3.05, 3.63) is 58.4 Å². The lowest BCUT2D eigenvalue weighted by Gasteiger charge is -2.13. The second-order valence-corrected chi connectivity index (χ2v) is 6.83. The molecule has 150 valence electrons. The van der Waals surface area contributed by atoms with Gasteiger partial charge in [0.05, 0.1) is 39.7 Å². The zero-order valence-electron chi connectivity index (χ0n) is 16.3. The van der Waals surface area contributed by atoms with Gasteiger partial charge in [-0.2, -0.15) is 5.10 Å². The number of rotatable bonds is 8. The van der Waals surface area contributed by atoms with Crippen molar-refractivity contribution in [3.63, 3.8) is 0 Å². The molecular formula is C21H21N3O4S. The highest BCUT2D eigenvalue weighted by Crippen LogP contribution is 2.38. The van der Waals surface area contributed by atoms with E-state index in [0.717, 1.165) is 16.3 Å². The van der Waals surface area contributed by atoms with Crippen LogP contribution in [0.1, 0.15) is 10.6 Å². The summed E-state index contributed by atoms with van der Waals surface area (Å²) in [6.07, 6.45) is 1.65. The lowest BCUT2D eigenvalue weighted by molar-refractivity contribution is -0.120. The molecule has 0 radical (unpaired) electrons. The Labute approximate surface area is 173 Å². The number of aromatic nitrogens is 1. The maximum Gasteiger partial charge on any atom is 0.246 e. The van der Waals surface area contributed by atoms with Crippen LogP contribution in [0.4, 0.5) is 0 Å². The van der Waals surface area contributed by atoms with Gasteiger partial charge in [-0.15, -0.1) is 11.3 Å². The molecule has 0 saturated carbocycles. The summed E-state index contributed by atoms with van der Waals surface area (Å²) in [5.74, 6) is 1.22. The Kier molecular flexibility index (Phi) is 6.80. The van der Waals surface area contributed by atoms with Crippen molar-refractivity contribution in [1.29, 1.82) is 0 Å². The van der Waals surface area contributed by atoms with Crippen LogP contribution in [0.3, 0.4) is 0 Å². The SMILES string of the molecule is COc1ccc(/C=N\NC(=O)Cc2nc(-c3ccccc3)cs2)c(OC)c1OC. The summed E-state index contributed by atoms with van der Waals surface area (Å²) in [6, 6.07) is 13.3. The third-order valence-electron chi connectivity index (χ3n) is 4.06. The number of methoxy groups -OCH3 is 3. The van der Waals surface area contributed by atoms with E-state index in [1.54, 1.807) is 19.2 Å². The summed E-state index contributed by atoms with van der Waals surface area (Å²) in [6.45, 7) is 0. The fourth-order valence-electron chi connectivity index (χ4n) is 2.71. The first-order valence-corrected chi connectivity index (χ1v) is 9.65. The highest BCUT2D eigenvalue weighted by Gasteiger charge is 2.15. The maximum absolute atomic E-state index is 12.2. The predicted molar refractivity (Wildman–Crippen MR) is 113 cm³/mol. The molecule has 0 aliphatic carbocycles. The predicted octanol–water partition coefficient (Wildman–Crippen LogP) is 3.53. The molecule has 1 heterocycles. The normalized spacial score (nSPS) is 10.7. The van der Waals surface area contributed by atoms with Gasteiger partial charge < -0.3 is 14.2 Å². The molecule has 0 aliphatic rings. The monoisotopic (exact) mass is 411 g/mol. The van der Waals surface area contributed by atoms with Crippen LogP contribution in [0.15, 0.2) is 52.9 Å². The van der Waals surface area contributed by atoms with E-state index in [1.807, 2.05) is 35.7 Å². The molecule has 1 aromatic heterocycles. The largest absolute Gasteiger partial charge is 0.493 e. The van der Waals surface area contributed by atoms with Crippen LogP contribution >= 0.6 is 11.3 Å². The summed E-state index contributed by atoms with van der Waals surface area (Å²) in [5, 5.41) is 6.68. The quantitative estimate of drug-likeness (QED) is 0.453. The number of amides is 1. The minimum Gasteiger partial charge on any atom is -0.493 e. The third-order valence-corrected chi connectivity index (χ3v) is 4.91. The molecule has 3 aromatic rings. The standard InChI is InChI=1S/C21H21N3O4S/c1-26-17-10-9-15(20(27-2)21(17)28-3)12-22-24-18(25)11-19-23-16(13-29-19)14-7-5-4-6-8-14/h4-10,12-13H,11H2,1-3H3,(H,24,25)/b22-12-. The van der Waals surface area contributed by atoms with E-state index in [-0.39, 0.29) is 12.3 Å². The van der Waals surface area contributed by atoms with E-state index in [0.29, 0.717) is 22.8 Å². The zero-order chi connectivity index (χ0) is 20.6. The van der Waals surface area contributed by atoms with Crippen molar-refractivity contribution in [2.45, 2.75) is 6.42 Å². The fraction of sp³-hybridized carbons (Fsp3) is 0.190. The number of hydrogen-bond donors (Lipinski definition) is 1. The van der Waals surface area contributed by atoms with E-state index < -0.39 is 0 Å². The van der Waals surface area contributed by atoms with Crippen LogP contribution in [-0.4, -0.2) is 38.4 Å². The van der Waals surface area contributed by atoms with Gasteiger partial charge in [-0.05, 0) is 12.1 Å². The number of carbonyl (C=O) groups excluding carboxylic acids is 1. The maximum atomic E-state index is 12.2. The number of nitrogens with zero attached hydrogens (tertiary/aromatic N) is 2. The molecular weight excluding hydrogens is 390 g/mol. The van der Waals surface area contributed by atoms with Gasteiger partial charge in [0.15, 0.2) is 11.5 Å². The summed E-state index contributed by atoms with van der Waals surface area (Å²) < 4.78 is 16.0. The van der Waals surface area contributed by atoms with Crippen LogP contribution in [0.2, 0.25) is 0 Å². The Bertz CT molecular complexity index is 1000. The molecule has 8 heteroatoms. The van der Waals surface area contributed by atoms with Crippen LogP contribution in [0.25, 0.3) is 11.3 Å². The number of hydrazone groups is 1. The average Bonchev–Trinajstić information content (AvgIpc) is 3.22. The van der Waals surface area contributed by atoms with Gasteiger partial charge in [0.2, 0.25) is 11.7 Å². The molecule has 3 rings (SSSR count). The summed E-state index contributed by atoms with van der Waals surface area (Å²) >= 11 is 1.44. The Hall–Kier alpha value is -3.39. The fourth-order valence-corrected chi connectivity index (χ4v) is 3.51. The van der Waals surface area contributed by atoms with E-state index in [9.17, 15) is 4.79 Å². The van der Waals surface area contributed by atoms with Gasteiger partial charge in [-0.25, -0.2) is 10.4 Å². The zero-order valence-corrected chi connectivity index (χ0v) is 17.2. The van der Waals surface area contributed by atoms with Gasteiger partial charge in [-0.1, -0.05) is 30.3 Å². The molecule has 1 amide bonds. The van der Waals surface area contributed by atoms with Gasteiger partial charge in [0, 0.05) is 16.5 Å². The van der Waals surface area contributed by atoms with Gasteiger partial charge >= 0.3 is 0 Å². The van der Waals surface area contributed by atoms with E-state index >= 15 is 0 Å². The van der Waals surface area contributed by atoms with Gasteiger partial charge in [-0.3, -0.25) is 4.79 Å². The summed E-state index contributed by atoms with van der Waals surface area (Å²) in [5.41, 5.74) is 5.04. The first-order chi connectivity index (χ1) is 14.2. The molecule has 1 N–H and O–H groups in total. The Morgan fingerprint density at radius 2 is 1.83 bits per heavy atom. The van der Waals surface area contributed by atoms with Crippen molar-refractivity contribution in [1.82, 2.24) is 10.4 Å². The number of carbonyl (C=O) groups is 1. The number of benzene rings is 2. The molecule has 7 nitrogen and oxygen atoms in total. The molecule has 0 unspecified atom stereocenters. The topological polar surface area (TPSA) is 82.0 Å². The average molecular weight is 411 g/mol. The molecule has 29 heavy (non-hydrogen) atoms. The lowest BCUT2D eigenvalue weighted by atomic mass is 10.2. The van der Waals surface area contributed by atoms with Crippen LogP contribution in [0, 0.1) is 0 Å². The lowest BCUT2D eigenvalue weighted by Crippen LogP contribution is -2.19. The van der Waals surface area contributed by atoms with Crippen molar-refractivity contribution < 1.29 is 19.0 Å². The minimum absolute atomic E-state index is 0.151. The van der Waals surface area contributed by atoms with Gasteiger partial charge in [0.1, 0.15) is 5.01 Å². The van der Waals surface area contributed by atoms with Crippen molar-refractivity contribution >= 4 is 23.5 Å². The van der Waals surface area contributed by atoms with Crippen LogP contribution < -0.4 is 19.6 Å². The number of nitrogens with one attached hydrogen (secondary N) is 1. The highest BCUT2D eigenvalue weighted by atomic mass is 32.1. The molecule has 2 aromatic carbocycles.